The highest BCUT2D eigenvalue weighted by Crippen LogP contribution is 2.38. The first-order valence-corrected chi connectivity index (χ1v) is 9.79. The van der Waals surface area contributed by atoms with Crippen molar-refractivity contribution < 1.29 is 0 Å². The minimum Gasteiger partial charge on any atom is -0.252 e. The van der Waals surface area contributed by atoms with Crippen LogP contribution in [-0.2, 0) is 0 Å². The van der Waals surface area contributed by atoms with Crippen molar-refractivity contribution in [3.8, 4) is 0 Å². The average molecular weight is 356 g/mol. The van der Waals surface area contributed by atoms with Crippen molar-refractivity contribution in [3.05, 3.63) is 102 Å². The Morgan fingerprint density at radius 1 is 0.885 bits per heavy atom. The molecule has 4 rings (SSSR count). The van der Waals surface area contributed by atoms with E-state index < -0.39 is 0 Å². The van der Waals surface area contributed by atoms with Crippen LogP contribution in [0.15, 0.2) is 94.8 Å². The third-order valence-electron chi connectivity index (χ3n) is 4.48. The summed E-state index contributed by atoms with van der Waals surface area (Å²) in [4.78, 5) is 6.25. The fourth-order valence-electron chi connectivity index (χ4n) is 3.05. The van der Waals surface area contributed by atoms with E-state index in [-0.39, 0.29) is 0 Å². The molecular weight excluding hydrogens is 334 g/mol. The molecule has 3 aromatic carbocycles. The summed E-state index contributed by atoms with van der Waals surface area (Å²) in [5.74, 6) is 0. The number of benzene rings is 3. The Morgan fingerprint density at radius 3 is 2.42 bits per heavy atom. The number of aliphatic imine (C=N–C) groups is 1. The minimum absolute atomic E-state index is 0.360. The molecule has 2 heteroatoms. The maximum atomic E-state index is 5.01. The van der Waals surface area contributed by atoms with Gasteiger partial charge in [-0.3, -0.25) is 4.99 Å². The monoisotopic (exact) mass is 355 g/mol. The van der Waals surface area contributed by atoms with Gasteiger partial charge in [0, 0.05) is 22.3 Å². The molecule has 26 heavy (non-hydrogen) atoms. The summed E-state index contributed by atoms with van der Waals surface area (Å²) in [7, 11) is 0. The molecule has 0 aromatic heterocycles. The number of aryl methyl sites for hydroxylation is 1. The molecule has 0 fully saturated rings. The number of fused-ring (bicyclic) bond motifs is 1. The molecule has 1 heterocycles. The first-order chi connectivity index (χ1) is 12.8. The fourth-order valence-corrected chi connectivity index (χ4v) is 4.17. The second-order valence-corrected chi connectivity index (χ2v) is 7.80. The smallest absolute Gasteiger partial charge is 0.0769 e. The second-order valence-electron chi connectivity index (χ2n) is 6.52. The van der Waals surface area contributed by atoms with E-state index in [2.05, 4.69) is 97.9 Å². The lowest BCUT2D eigenvalue weighted by Crippen LogP contribution is -2.08. The van der Waals surface area contributed by atoms with E-state index in [0.717, 1.165) is 17.8 Å². The van der Waals surface area contributed by atoms with E-state index in [0.29, 0.717) is 5.25 Å². The van der Waals surface area contributed by atoms with E-state index >= 15 is 0 Å². The fraction of sp³-hybridized carbons (Fsp3) is 0.125. The average Bonchev–Trinajstić information content (AvgIpc) is 2.87. The molecular formula is C24H21NS. The molecule has 0 amide bonds. The predicted octanol–water partition coefficient (Wildman–Crippen LogP) is 6.69. The number of rotatable bonds is 3. The van der Waals surface area contributed by atoms with Crippen LogP contribution in [0.2, 0.25) is 0 Å². The molecule has 0 bridgehead atoms. The number of hydrogen-bond donors (Lipinski definition) is 0. The summed E-state index contributed by atoms with van der Waals surface area (Å²) in [5.41, 5.74) is 5.96. The third kappa shape index (κ3) is 3.97. The van der Waals surface area contributed by atoms with Gasteiger partial charge in [0.25, 0.3) is 0 Å². The molecule has 0 saturated carbocycles. The quantitative estimate of drug-likeness (QED) is 0.509. The number of para-hydroxylation sites is 1. The normalized spacial score (nSPS) is 16.8. The molecule has 1 nitrogen and oxygen atoms in total. The summed E-state index contributed by atoms with van der Waals surface area (Å²) in [6.07, 6.45) is 5.45. The van der Waals surface area contributed by atoms with Gasteiger partial charge in [-0.05, 0) is 30.2 Å². The SMILES string of the molecule is Cc1ccc(C2=Nc3ccccc3SC(/C=C/c3ccccc3)C2)cc1. The van der Waals surface area contributed by atoms with Gasteiger partial charge >= 0.3 is 0 Å². The standard InChI is InChI=1S/C24H21NS/c1-18-11-14-20(15-12-18)23-17-21(16-13-19-7-3-2-4-8-19)26-24-10-6-5-9-22(24)25-23/h2-16,21H,17H2,1H3/b16-13+. The van der Waals surface area contributed by atoms with Crippen LogP contribution >= 0.6 is 11.8 Å². The molecule has 1 atom stereocenters. The summed E-state index contributed by atoms with van der Waals surface area (Å²) < 4.78 is 0. The van der Waals surface area contributed by atoms with Crippen LogP contribution < -0.4 is 0 Å². The van der Waals surface area contributed by atoms with Gasteiger partial charge in [0.2, 0.25) is 0 Å². The lowest BCUT2D eigenvalue weighted by Gasteiger charge is -2.11. The number of nitrogens with zero attached hydrogens (tertiary/aromatic N) is 1. The largest absolute Gasteiger partial charge is 0.252 e. The zero-order valence-corrected chi connectivity index (χ0v) is 15.6. The Labute approximate surface area is 159 Å². The van der Waals surface area contributed by atoms with Gasteiger partial charge in [0.1, 0.15) is 0 Å². The van der Waals surface area contributed by atoms with Crippen molar-refractivity contribution in [1.82, 2.24) is 0 Å². The minimum atomic E-state index is 0.360. The maximum absolute atomic E-state index is 5.01. The Kier molecular flexibility index (Phi) is 5.03. The van der Waals surface area contributed by atoms with Crippen LogP contribution in [0.4, 0.5) is 5.69 Å². The third-order valence-corrected chi connectivity index (χ3v) is 5.71. The van der Waals surface area contributed by atoms with E-state index in [9.17, 15) is 0 Å². The Bertz CT molecular complexity index is 939. The van der Waals surface area contributed by atoms with Crippen molar-refractivity contribution >= 4 is 29.2 Å². The van der Waals surface area contributed by atoms with E-state index in [1.54, 1.807) is 0 Å². The summed E-state index contributed by atoms with van der Waals surface area (Å²) in [6.45, 7) is 2.12. The van der Waals surface area contributed by atoms with Gasteiger partial charge in [-0.2, -0.15) is 0 Å². The van der Waals surface area contributed by atoms with Crippen LogP contribution in [-0.4, -0.2) is 11.0 Å². The van der Waals surface area contributed by atoms with Crippen LogP contribution in [0.25, 0.3) is 6.08 Å². The first-order valence-electron chi connectivity index (χ1n) is 8.91. The Hall–Kier alpha value is -2.58. The van der Waals surface area contributed by atoms with Crippen molar-refractivity contribution in [2.24, 2.45) is 4.99 Å². The van der Waals surface area contributed by atoms with Gasteiger partial charge in [-0.25, -0.2) is 0 Å². The highest BCUT2D eigenvalue weighted by Gasteiger charge is 2.19. The number of hydrogen-bond acceptors (Lipinski definition) is 2. The summed E-state index contributed by atoms with van der Waals surface area (Å²) in [6, 6.07) is 27.6. The van der Waals surface area contributed by atoms with Gasteiger partial charge in [-0.1, -0.05) is 84.4 Å². The molecule has 128 valence electrons. The van der Waals surface area contributed by atoms with Gasteiger partial charge in [0.15, 0.2) is 0 Å². The van der Waals surface area contributed by atoms with Crippen LogP contribution in [0.5, 0.6) is 0 Å². The maximum Gasteiger partial charge on any atom is 0.0769 e. The molecule has 0 saturated heterocycles. The first kappa shape index (κ1) is 16.9. The van der Waals surface area contributed by atoms with E-state index in [1.807, 2.05) is 11.8 Å². The highest BCUT2D eigenvalue weighted by molar-refractivity contribution is 8.00. The summed E-state index contributed by atoms with van der Waals surface area (Å²) >= 11 is 1.90. The molecule has 1 unspecified atom stereocenters. The van der Waals surface area contributed by atoms with E-state index in [4.69, 9.17) is 4.99 Å². The Morgan fingerprint density at radius 2 is 1.62 bits per heavy atom. The van der Waals surface area contributed by atoms with Crippen molar-refractivity contribution in [3.63, 3.8) is 0 Å². The molecule has 0 radical (unpaired) electrons. The van der Waals surface area contributed by atoms with Gasteiger partial charge in [-0.15, -0.1) is 11.8 Å². The van der Waals surface area contributed by atoms with Crippen molar-refractivity contribution in [2.45, 2.75) is 23.5 Å². The van der Waals surface area contributed by atoms with Crippen molar-refractivity contribution in [2.75, 3.05) is 0 Å². The molecule has 0 spiro atoms. The molecule has 1 aliphatic rings. The lowest BCUT2D eigenvalue weighted by atomic mass is 10.0. The molecule has 3 aromatic rings. The zero-order valence-electron chi connectivity index (χ0n) is 14.8. The van der Waals surface area contributed by atoms with Crippen LogP contribution in [0.3, 0.4) is 0 Å². The van der Waals surface area contributed by atoms with Gasteiger partial charge in [0.05, 0.1) is 5.69 Å². The van der Waals surface area contributed by atoms with Crippen molar-refractivity contribution in [1.29, 1.82) is 0 Å². The molecule has 0 aliphatic carbocycles. The highest BCUT2D eigenvalue weighted by atomic mass is 32.2. The lowest BCUT2D eigenvalue weighted by molar-refractivity contribution is 1.13. The Balaban J connectivity index is 1.68. The van der Waals surface area contributed by atoms with E-state index in [1.165, 1.54) is 21.6 Å². The zero-order chi connectivity index (χ0) is 17.8. The number of thioether (sulfide) groups is 1. The van der Waals surface area contributed by atoms with Crippen LogP contribution in [0, 0.1) is 6.92 Å². The van der Waals surface area contributed by atoms with Gasteiger partial charge < -0.3 is 0 Å². The summed E-state index contributed by atoms with van der Waals surface area (Å²) in [5, 5.41) is 0.360. The van der Waals surface area contributed by atoms with Crippen LogP contribution in [0.1, 0.15) is 23.1 Å². The second kappa shape index (κ2) is 7.76. The topological polar surface area (TPSA) is 12.4 Å². The molecule has 0 N–H and O–H groups in total. The molecule has 1 aliphatic heterocycles. The predicted molar refractivity (Wildman–Crippen MR) is 114 cm³/mol.